The van der Waals surface area contributed by atoms with Gasteiger partial charge in [-0.3, -0.25) is 9.48 Å². The molecule has 0 unspecified atom stereocenters. The molecule has 0 saturated carbocycles. The first kappa shape index (κ1) is 18.5. The zero-order valence-corrected chi connectivity index (χ0v) is 15.4. The van der Waals surface area contributed by atoms with Crippen LogP contribution in [0.5, 0.6) is 11.5 Å². The van der Waals surface area contributed by atoms with Crippen LogP contribution in [0.1, 0.15) is 35.9 Å². The van der Waals surface area contributed by atoms with Crippen LogP contribution in [-0.4, -0.2) is 22.2 Å². The van der Waals surface area contributed by atoms with Gasteiger partial charge in [0.1, 0.15) is 35.3 Å². The van der Waals surface area contributed by atoms with Gasteiger partial charge in [-0.2, -0.15) is 5.10 Å². The van der Waals surface area contributed by atoms with Crippen LogP contribution in [0, 0.1) is 0 Å². The van der Waals surface area contributed by atoms with Gasteiger partial charge in [-0.1, -0.05) is 0 Å². The van der Waals surface area contributed by atoms with Crippen LogP contribution in [0.15, 0.2) is 59.2 Å². The van der Waals surface area contributed by atoms with E-state index in [9.17, 15) is 4.79 Å². The van der Waals surface area contributed by atoms with E-state index in [-0.39, 0.29) is 5.78 Å². The van der Waals surface area contributed by atoms with Gasteiger partial charge < -0.3 is 13.9 Å². The van der Waals surface area contributed by atoms with Crippen LogP contribution in [0.25, 0.3) is 6.08 Å². The van der Waals surface area contributed by atoms with Crippen LogP contribution < -0.4 is 9.47 Å². The van der Waals surface area contributed by atoms with E-state index in [4.69, 9.17) is 13.9 Å². The Labute approximate surface area is 158 Å². The lowest BCUT2D eigenvalue weighted by Gasteiger charge is -2.06. The third-order valence-corrected chi connectivity index (χ3v) is 3.87. The van der Waals surface area contributed by atoms with Crippen LogP contribution in [-0.2, 0) is 13.2 Å². The number of rotatable bonds is 9. The van der Waals surface area contributed by atoms with Crippen LogP contribution in [0.4, 0.5) is 0 Å². The van der Waals surface area contributed by atoms with E-state index in [0.29, 0.717) is 37.0 Å². The molecule has 3 rings (SSSR count). The number of ketones is 1. The van der Waals surface area contributed by atoms with Crippen molar-refractivity contribution in [2.75, 3.05) is 6.61 Å². The summed E-state index contributed by atoms with van der Waals surface area (Å²) in [5, 5.41) is 4.10. The second-order valence-corrected chi connectivity index (χ2v) is 5.73. The maximum Gasteiger partial charge on any atom is 0.203 e. The number of nitrogens with zero attached hydrogens (tertiary/aromatic N) is 2. The van der Waals surface area contributed by atoms with Crippen LogP contribution >= 0.6 is 0 Å². The fourth-order valence-corrected chi connectivity index (χ4v) is 2.55. The number of furan rings is 1. The van der Waals surface area contributed by atoms with Crippen molar-refractivity contribution < 1.29 is 18.7 Å². The minimum atomic E-state index is -0.113. The van der Waals surface area contributed by atoms with Gasteiger partial charge in [0.25, 0.3) is 0 Å². The molecule has 6 heteroatoms. The van der Waals surface area contributed by atoms with Gasteiger partial charge in [0.2, 0.25) is 5.78 Å². The Hall–Kier alpha value is -3.28. The van der Waals surface area contributed by atoms with Crippen LogP contribution in [0.2, 0.25) is 0 Å². The number of carbonyl (C=O) groups is 1. The SMILES string of the molecule is CCOc1ccc(OCc2ccc(/C=C/C(=O)c3ccnn3CC)o2)cc1. The third kappa shape index (κ3) is 4.88. The zero-order chi connectivity index (χ0) is 19.1. The number of allylic oxidation sites excluding steroid dienone is 1. The Bertz CT molecular complexity index is 906. The molecular weight excluding hydrogens is 344 g/mol. The van der Waals surface area contributed by atoms with Gasteiger partial charge in [0.15, 0.2) is 0 Å². The number of aromatic nitrogens is 2. The van der Waals surface area contributed by atoms with Gasteiger partial charge in [-0.25, -0.2) is 0 Å². The zero-order valence-electron chi connectivity index (χ0n) is 15.4. The molecular formula is C21H22N2O4. The van der Waals surface area contributed by atoms with Crippen molar-refractivity contribution >= 4 is 11.9 Å². The fraction of sp³-hybridized carbons (Fsp3) is 0.238. The number of hydrogen-bond donors (Lipinski definition) is 0. The summed E-state index contributed by atoms with van der Waals surface area (Å²) in [6, 6.07) is 12.8. The van der Waals surface area contributed by atoms with Crippen molar-refractivity contribution in [1.82, 2.24) is 9.78 Å². The van der Waals surface area contributed by atoms with E-state index in [1.807, 2.05) is 44.2 Å². The second-order valence-electron chi connectivity index (χ2n) is 5.73. The highest BCUT2D eigenvalue weighted by Crippen LogP contribution is 2.19. The predicted molar refractivity (Wildman–Crippen MR) is 102 cm³/mol. The first-order valence-corrected chi connectivity index (χ1v) is 8.88. The summed E-state index contributed by atoms with van der Waals surface area (Å²) in [5.41, 5.74) is 0.555. The molecule has 0 atom stereocenters. The Balaban J connectivity index is 1.55. The lowest BCUT2D eigenvalue weighted by atomic mass is 10.2. The van der Waals surface area contributed by atoms with Crippen molar-refractivity contribution in [3.05, 3.63) is 72.0 Å². The van der Waals surface area contributed by atoms with E-state index in [2.05, 4.69) is 5.10 Å². The van der Waals surface area contributed by atoms with E-state index in [0.717, 1.165) is 11.5 Å². The maximum atomic E-state index is 12.2. The highest BCUT2D eigenvalue weighted by atomic mass is 16.5. The molecule has 0 spiro atoms. The minimum Gasteiger partial charge on any atom is -0.494 e. The highest BCUT2D eigenvalue weighted by molar-refractivity contribution is 6.05. The van der Waals surface area contributed by atoms with Crippen molar-refractivity contribution in [3.8, 4) is 11.5 Å². The summed E-state index contributed by atoms with van der Waals surface area (Å²) < 4.78 is 18.4. The molecule has 0 radical (unpaired) electrons. The monoisotopic (exact) mass is 366 g/mol. The summed E-state index contributed by atoms with van der Waals surface area (Å²) >= 11 is 0. The normalized spacial score (nSPS) is 11.0. The number of hydrogen-bond acceptors (Lipinski definition) is 5. The molecule has 0 fully saturated rings. The number of ether oxygens (including phenoxy) is 2. The Morgan fingerprint density at radius 2 is 1.81 bits per heavy atom. The summed E-state index contributed by atoms with van der Waals surface area (Å²) in [7, 11) is 0. The lowest BCUT2D eigenvalue weighted by Crippen LogP contribution is -2.07. The van der Waals surface area contributed by atoms with Crippen molar-refractivity contribution in [2.24, 2.45) is 0 Å². The van der Waals surface area contributed by atoms with Gasteiger partial charge in [0, 0.05) is 12.7 Å². The van der Waals surface area contributed by atoms with E-state index in [1.54, 1.807) is 29.1 Å². The molecule has 140 valence electrons. The Morgan fingerprint density at radius 3 is 2.52 bits per heavy atom. The highest BCUT2D eigenvalue weighted by Gasteiger charge is 2.08. The molecule has 2 aromatic heterocycles. The molecule has 3 aromatic rings. The molecule has 0 bridgehead atoms. The topological polar surface area (TPSA) is 66.5 Å². The van der Waals surface area contributed by atoms with Crippen molar-refractivity contribution in [2.45, 2.75) is 27.0 Å². The lowest BCUT2D eigenvalue weighted by molar-refractivity contribution is 0.103. The van der Waals surface area contributed by atoms with Crippen LogP contribution in [0.3, 0.4) is 0 Å². The first-order chi connectivity index (χ1) is 13.2. The summed E-state index contributed by atoms with van der Waals surface area (Å²) in [4.78, 5) is 12.2. The molecule has 27 heavy (non-hydrogen) atoms. The molecule has 0 aliphatic carbocycles. The Kier molecular flexibility index (Phi) is 6.10. The van der Waals surface area contributed by atoms with Crippen molar-refractivity contribution in [1.29, 1.82) is 0 Å². The Morgan fingerprint density at radius 1 is 1.07 bits per heavy atom. The average Bonchev–Trinajstić information content (AvgIpc) is 3.35. The third-order valence-electron chi connectivity index (χ3n) is 3.87. The maximum absolute atomic E-state index is 12.2. The van der Waals surface area contributed by atoms with E-state index >= 15 is 0 Å². The summed E-state index contributed by atoms with van der Waals surface area (Å²) in [5.74, 6) is 2.70. The smallest absolute Gasteiger partial charge is 0.203 e. The quantitative estimate of drug-likeness (QED) is 0.415. The molecule has 6 nitrogen and oxygen atoms in total. The van der Waals surface area contributed by atoms with Gasteiger partial charge >= 0.3 is 0 Å². The standard InChI is InChI=1S/C21H22N2O4/c1-3-23-20(13-14-22-23)21(24)12-11-18-9-10-19(27-18)15-26-17-7-5-16(6-8-17)25-4-2/h5-14H,3-4,15H2,1-2H3/b12-11+. The van der Waals surface area contributed by atoms with Gasteiger partial charge in [-0.15, -0.1) is 0 Å². The second kappa shape index (κ2) is 8.89. The van der Waals surface area contributed by atoms with Gasteiger partial charge in [-0.05, 0) is 68.5 Å². The number of carbonyl (C=O) groups excluding carboxylic acids is 1. The predicted octanol–water partition coefficient (Wildman–Crippen LogP) is 4.37. The summed E-state index contributed by atoms with van der Waals surface area (Å²) in [6.45, 7) is 5.47. The van der Waals surface area contributed by atoms with Gasteiger partial charge in [0.05, 0.1) is 6.61 Å². The molecule has 0 aliphatic rings. The summed E-state index contributed by atoms with van der Waals surface area (Å²) in [6.07, 6.45) is 4.75. The molecule has 1 aromatic carbocycles. The van der Waals surface area contributed by atoms with E-state index in [1.165, 1.54) is 6.08 Å². The largest absolute Gasteiger partial charge is 0.494 e. The molecule has 0 amide bonds. The molecule has 0 N–H and O–H groups in total. The molecule has 2 heterocycles. The molecule has 0 aliphatic heterocycles. The average molecular weight is 366 g/mol. The first-order valence-electron chi connectivity index (χ1n) is 8.88. The number of aryl methyl sites for hydroxylation is 1. The number of benzene rings is 1. The van der Waals surface area contributed by atoms with E-state index < -0.39 is 0 Å². The minimum absolute atomic E-state index is 0.113. The molecule has 0 saturated heterocycles. The van der Waals surface area contributed by atoms with Crippen molar-refractivity contribution in [3.63, 3.8) is 0 Å². The fourth-order valence-electron chi connectivity index (χ4n) is 2.55.